The van der Waals surface area contributed by atoms with Crippen LogP contribution in [0.1, 0.15) is 11.1 Å². The van der Waals surface area contributed by atoms with Crippen LogP contribution in [-0.2, 0) is 6.54 Å². The molecule has 3 nitrogen and oxygen atoms in total. The van der Waals surface area contributed by atoms with E-state index in [1.165, 1.54) is 5.56 Å². The van der Waals surface area contributed by atoms with E-state index in [2.05, 4.69) is 36.4 Å². The fourth-order valence-electron chi connectivity index (χ4n) is 2.84. The first-order valence-electron chi connectivity index (χ1n) is 8.65. The Labute approximate surface area is 153 Å². The monoisotopic (exact) mass is 337 g/mol. The molecule has 1 aromatic heterocycles. The highest BCUT2D eigenvalue weighted by molar-refractivity contribution is 6.00. The van der Waals surface area contributed by atoms with E-state index >= 15 is 0 Å². The van der Waals surface area contributed by atoms with E-state index in [0.29, 0.717) is 6.54 Å². The van der Waals surface area contributed by atoms with E-state index in [4.69, 9.17) is 10.1 Å². The zero-order valence-corrected chi connectivity index (χ0v) is 14.4. The van der Waals surface area contributed by atoms with Crippen LogP contribution in [0.4, 0.5) is 0 Å². The summed E-state index contributed by atoms with van der Waals surface area (Å²) in [5.74, 6) is 0.844. The van der Waals surface area contributed by atoms with E-state index in [9.17, 15) is 0 Å². The van der Waals surface area contributed by atoms with Gasteiger partial charge in [-0.3, -0.25) is 4.99 Å². The molecule has 0 bridgehead atoms. The standard InChI is InChI=1S/C23H19N3/c1-4-10-19(11-5-1)18-24-23(21-14-8-3-9-15-21)26-17-16-22(25-26)20-12-6-2-7-13-20/h1-17H,18H2. The van der Waals surface area contributed by atoms with Gasteiger partial charge in [0.2, 0.25) is 0 Å². The summed E-state index contributed by atoms with van der Waals surface area (Å²) >= 11 is 0. The Hall–Kier alpha value is -3.46. The molecule has 0 aliphatic rings. The smallest absolute Gasteiger partial charge is 0.156 e. The number of benzene rings is 3. The lowest BCUT2D eigenvalue weighted by molar-refractivity contribution is 0.913. The third kappa shape index (κ3) is 3.62. The zero-order valence-electron chi connectivity index (χ0n) is 14.4. The minimum Gasteiger partial charge on any atom is -0.261 e. The van der Waals surface area contributed by atoms with Gasteiger partial charge in [-0.2, -0.15) is 5.10 Å². The van der Waals surface area contributed by atoms with Crippen molar-refractivity contribution in [2.24, 2.45) is 4.99 Å². The summed E-state index contributed by atoms with van der Waals surface area (Å²) in [5, 5.41) is 4.76. The van der Waals surface area contributed by atoms with Crippen molar-refractivity contribution in [2.45, 2.75) is 6.54 Å². The van der Waals surface area contributed by atoms with Gasteiger partial charge in [-0.15, -0.1) is 0 Å². The minimum absolute atomic E-state index is 0.617. The Morgan fingerprint density at radius 2 is 1.35 bits per heavy atom. The molecule has 0 unspecified atom stereocenters. The normalized spacial score (nSPS) is 11.5. The Morgan fingerprint density at radius 3 is 2.04 bits per heavy atom. The number of aromatic nitrogens is 2. The molecule has 4 rings (SSSR count). The SMILES string of the molecule is c1ccc(CN=C(c2ccccc2)n2ccc(-c3ccccc3)n2)cc1. The summed E-state index contributed by atoms with van der Waals surface area (Å²) in [6.07, 6.45) is 1.97. The summed E-state index contributed by atoms with van der Waals surface area (Å²) < 4.78 is 1.86. The first kappa shape index (κ1) is 16.0. The first-order chi connectivity index (χ1) is 12.9. The molecule has 0 aliphatic carbocycles. The van der Waals surface area contributed by atoms with Gasteiger partial charge in [0.25, 0.3) is 0 Å². The largest absolute Gasteiger partial charge is 0.261 e. The quantitative estimate of drug-likeness (QED) is 0.379. The van der Waals surface area contributed by atoms with Gasteiger partial charge >= 0.3 is 0 Å². The summed E-state index contributed by atoms with van der Waals surface area (Å²) in [7, 11) is 0. The van der Waals surface area contributed by atoms with Crippen molar-refractivity contribution in [2.75, 3.05) is 0 Å². The summed E-state index contributed by atoms with van der Waals surface area (Å²) in [6.45, 7) is 0.617. The molecule has 26 heavy (non-hydrogen) atoms. The van der Waals surface area contributed by atoms with E-state index in [1.54, 1.807) is 0 Å². The molecule has 0 atom stereocenters. The number of hydrogen-bond donors (Lipinski definition) is 0. The Bertz CT molecular complexity index is 987. The molecule has 3 aromatic carbocycles. The molecule has 0 saturated carbocycles. The van der Waals surface area contributed by atoms with Crippen LogP contribution >= 0.6 is 0 Å². The van der Waals surface area contributed by atoms with Gasteiger partial charge in [0.15, 0.2) is 5.84 Å². The van der Waals surface area contributed by atoms with Crippen molar-refractivity contribution < 1.29 is 0 Å². The number of nitrogens with zero attached hydrogens (tertiary/aromatic N) is 3. The van der Waals surface area contributed by atoms with Crippen LogP contribution in [0.15, 0.2) is 108 Å². The lowest BCUT2D eigenvalue weighted by Crippen LogP contribution is -2.14. The molecule has 0 radical (unpaired) electrons. The molecule has 0 amide bonds. The maximum Gasteiger partial charge on any atom is 0.156 e. The van der Waals surface area contributed by atoms with E-state index in [1.807, 2.05) is 71.5 Å². The highest BCUT2D eigenvalue weighted by atomic mass is 15.3. The second-order valence-corrected chi connectivity index (χ2v) is 6.00. The van der Waals surface area contributed by atoms with Crippen molar-refractivity contribution in [1.29, 1.82) is 0 Å². The average Bonchev–Trinajstić information content (AvgIpc) is 3.20. The van der Waals surface area contributed by atoms with Gasteiger partial charge in [-0.05, 0) is 11.6 Å². The Balaban J connectivity index is 1.71. The van der Waals surface area contributed by atoms with Gasteiger partial charge in [0.1, 0.15) is 0 Å². The Kier molecular flexibility index (Phi) is 4.70. The molecule has 126 valence electrons. The van der Waals surface area contributed by atoms with Crippen LogP contribution in [-0.4, -0.2) is 15.6 Å². The molecule has 4 aromatic rings. The fraction of sp³-hybridized carbons (Fsp3) is 0.0435. The molecular weight excluding hydrogens is 318 g/mol. The fourth-order valence-corrected chi connectivity index (χ4v) is 2.84. The second-order valence-electron chi connectivity index (χ2n) is 6.00. The van der Waals surface area contributed by atoms with Crippen LogP contribution in [0, 0.1) is 0 Å². The number of hydrogen-bond acceptors (Lipinski definition) is 2. The van der Waals surface area contributed by atoms with Crippen molar-refractivity contribution >= 4 is 5.84 Å². The van der Waals surface area contributed by atoms with Gasteiger partial charge in [-0.1, -0.05) is 91.0 Å². The van der Waals surface area contributed by atoms with Crippen LogP contribution in [0.5, 0.6) is 0 Å². The molecule has 1 heterocycles. The predicted molar refractivity (Wildman–Crippen MR) is 106 cm³/mol. The van der Waals surface area contributed by atoms with Crippen molar-refractivity contribution in [3.63, 3.8) is 0 Å². The molecule has 0 saturated heterocycles. The number of rotatable bonds is 4. The molecule has 0 spiro atoms. The van der Waals surface area contributed by atoms with Gasteiger partial charge in [0.05, 0.1) is 12.2 Å². The lowest BCUT2D eigenvalue weighted by Gasteiger charge is -2.08. The van der Waals surface area contributed by atoms with E-state index in [-0.39, 0.29) is 0 Å². The first-order valence-corrected chi connectivity index (χ1v) is 8.65. The van der Waals surface area contributed by atoms with Crippen molar-refractivity contribution in [3.05, 3.63) is 114 Å². The third-order valence-electron chi connectivity index (χ3n) is 4.16. The van der Waals surface area contributed by atoms with Crippen LogP contribution in [0.3, 0.4) is 0 Å². The maximum atomic E-state index is 4.86. The third-order valence-corrected chi connectivity index (χ3v) is 4.16. The van der Waals surface area contributed by atoms with Gasteiger partial charge in [0, 0.05) is 17.3 Å². The summed E-state index contributed by atoms with van der Waals surface area (Å²) in [5.41, 5.74) is 4.26. The van der Waals surface area contributed by atoms with Crippen LogP contribution < -0.4 is 0 Å². The summed E-state index contributed by atoms with van der Waals surface area (Å²) in [4.78, 5) is 4.86. The van der Waals surface area contributed by atoms with E-state index in [0.717, 1.165) is 22.7 Å². The minimum atomic E-state index is 0.617. The number of aliphatic imine (C=N–C) groups is 1. The molecule has 0 N–H and O–H groups in total. The van der Waals surface area contributed by atoms with Gasteiger partial charge < -0.3 is 0 Å². The maximum absolute atomic E-state index is 4.86. The zero-order chi connectivity index (χ0) is 17.6. The van der Waals surface area contributed by atoms with Crippen LogP contribution in [0.2, 0.25) is 0 Å². The van der Waals surface area contributed by atoms with Crippen molar-refractivity contribution in [3.8, 4) is 11.3 Å². The predicted octanol–water partition coefficient (Wildman–Crippen LogP) is 5.05. The van der Waals surface area contributed by atoms with Crippen LogP contribution in [0.25, 0.3) is 11.3 Å². The average molecular weight is 337 g/mol. The molecule has 0 fully saturated rings. The Morgan fingerprint density at radius 1 is 0.731 bits per heavy atom. The summed E-state index contributed by atoms with van der Waals surface area (Å²) in [6, 6.07) is 32.7. The molecule has 3 heteroatoms. The topological polar surface area (TPSA) is 30.2 Å². The molecule has 0 aliphatic heterocycles. The second kappa shape index (κ2) is 7.62. The van der Waals surface area contributed by atoms with Gasteiger partial charge in [-0.25, -0.2) is 4.68 Å². The highest BCUT2D eigenvalue weighted by Crippen LogP contribution is 2.17. The van der Waals surface area contributed by atoms with Crippen molar-refractivity contribution in [1.82, 2.24) is 9.78 Å². The van der Waals surface area contributed by atoms with E-state index < -0.39 is 0 Å². The lowest BCUT2D eigenvalue weighted by atomic mass is 10.2. The highest BCUT2D eigenvalue weighted by Gasteiger charge is 2.09. The molecular formula is C23H19N3.